The van der Waals surface area contributed by atoms with Crippen molar-refractivity contribution in [1.82, 2.24) is 19.4 Å². The van der Waals surface area contributed by atoms with E-state index >= 15 is 0 Å². The van der Waals surface area contributed by atoms with Crippen LogP contribution in [0.1, 0.15) is 11.4 Å². The van der Waals surface area contributed by atoms with Gasteiger partial charge in [0.2, 0.25) is 0 Å². The lowest BCUT2D eigenvalue weighted by Crippen LogP contribution is -2.19. The highest BCUT2D eigenvalue weighted by Gasteiger charge is 2.12. The molecule has 22 heavy (non-hydrogen) atoms. The zero-order valence-electron chi connectivity index (χ0n) is 12.8. The van der Waals surface area contributed by atoms with Gasteiger partial charge in [-0.05, 0) is 43.9 Å². The molecule has 0 aliphatic rings. The average Bonchev–Trinajstić information content (AvgIpc) is 2.85. The van der Waals surface area contributed by atoms with Crippen LogP contribution in [0.4, 0.5) is 4.39 Å². The summed E-state index contributed by atoms with van der Waals surface area (Å²) in [6, 6.07) is 10.5. The molecular weight excluding hydrogens is 279 g/mol. The van der Waals surface area contributed by atoms with Crippen molar-refractivity contribution in [1.29, 1.82) is 0 Å². The number of halogens is 1. The molecule has 0 amide bonds. The van der Waals surface area contributed by atoms with Crippen LogP contribution in [-0.4, -0.2) is 40.1 Å². The Balaban J connectivity index is 1.96. The summed E-state index contributed by atoms with van der Waals surface area (Å²) in [7, 11) is 4.10. The fourth-order valence-electron chi connectivity index (χ4n) is 2.46. The van der Waals surface area contributed by atoms with Crippen molar-refractivity contribution in [2.45, 2.75) is 13.0 Å². The average molecular weight is 298 g/mol. The number of rotatable bonds is 5. The summed E-state index contributed by atoms with van der Waals surface area (Å²) in [6.07, 6.45) is 2.46. The second kappa shape index (κ2) is 6.23. The van der Waals surface area contributed by atoms with Gasteiger partial charge in [0.25, 0.3) is 0 Å². The van der Waals surface area contributed by atoms with Gasteiger partial charge in [0.15, 0.2) is 5.65 Å². The number of likely N-dealkylation sites (N-methyl/N-ethyl adjacent to an activating group) is 1. The topological polar surface area (TPSA) is 34.0 Å². The summed E-state index contributed by atoms with van der Waals surface area (Å²) in [5, 5.41) is 0. The summed E-state index contributed by atoms with van der Waals surface area (Å²) in [4.78, 5) is 11.3. The molecule has 3 rings (SSSR count). The van der Waals surface area contributed by atoms with Crippen LogP contribution in [0.2, 0.25) is 0 Å². The van der Waals surface area contributed by atoms with Gasteiger partial charge in [-0.1, -0.05) is 12.1 Å². The maximum atomic E-state index is 13.0. The maximum Gasteiger partial charge on any atom is 0.160 e. The van der Waals surface area contributed by atoms with Crippen LogP contribution < -0.4 is 0 Å². The Morgan fingerprint density at radius 1 is 1.14 bits per heavy atom. The summed E-state index contributed by atoms with van der Waals surface area (Å²) in [5.74, 6) is 0.744. The summed E-state index contributed by atoms with van der Waals surface area (Å²) < 4.78 is 15.2. The van der Waals surface area contributed by atoms with Gasteiger partial charge >= 0.3 is 0 Å². The lowest BCUT2D eigenvalue weighted by atomic mass is 10.1. The highest BCUT2D eigenvalue weighted by atomic mass is 19.1. The molecule has 1 aromatic carbocycles. The number of hydrogen-bond acceptors (Lipinski definition) is 3. The molecule has 0 bridgehead atoms. The minimum Gasteiger partial charge on any atom is -0.311 e. The quantitative estimate of drug-likeness (QED) is 0.726. The molecule has 0 saturated heterocycles. The fraction of sp³-hybridized carbons (Fsp3) is 0.294. The predicted octanol–water partition coefficient (Wildman–Crippen LogP) is 2.72. The third-order valence-electron chi connectivity index (χ3n) is 3.63. The van der Waals surface area contributed by atoms with Crippen LogP contribution in [0.15, 0.2) is 42.6 Å². The molecule has 0 atom stereocenters. The molecule has 0 aliphatic heterocycles. The lowest BCUT2D eigenvalue weighted by molar-refractivity contribution is 0.383. The molecule has 3 aromatic rings. The van der Waals surface area contributed by atoms with E-state index in [-0.39, 0.29) is 5.82 Å². The minimum absolute atomic E-state index is 0.216. The minimum atomic E-state index is -0.216. The summed E-state index contributed by atoms with van der Waals surface area (Å²) in [6.45, 7) is 1.75. The van der Waals surface area contributed by atoms with Crippen LogP contribution in [0.25, 0.3) is 11.2 Å². The number of hydrogen-bond donors (Lipinski definition) is 0. The molecular formula is C17H19FN4. The van der Waals surface area contributed by atoms with Gasteiger partial charge in [0.05, 0.1) is 0 Å². The first kappa shape index (κ1) is 14.7. The van der Waals surface area contributed by atoms with E-state index in [0.29, 0.717) is 6.42 Å². The number of pyridine rings is 1. The molecule has 0 saturated carbocycles. The Hall–Kier alpha value is -2.27. The molecule has 4 nitrogen and oxygen atoms in total. The van der Waals surface area contributed by atoms with Crippen molar-refractivity contribution in [3.05, 3.63) is 59.8 Å². The number of benzene rings is 1. The van der Waals surface area contributed by atoms with Crippen molar-refractivity contribution >= 4 is 11.2 Å². The number of nitrogens with zero attached hydrogens (tertiary/aromatic N) is 4. The van der Waals surface area contributed by atoms with E-state index in [4.69, 9.17) is 4.98 Å². The van der Waals surface area contributed by atoms with Crippen LogP contribution in [-0.2, 0) is 13.0 Å². The van der Waals surface area contributed by atoms with Crippen molar-refractivity contribution in [3.63, 3.8) is 0 Å². The first-order valence-electron chi connectivity index (χ1n) is 7.33. The molecule has 2 aromatic heterocycles. The van der Waals surface area contributed by atoms with Gasteiger partial charge in [-0.3, -0.25) is 0 Å². The Morgan fingerprint density at radius 2 is 1.91 bits per heavy atom. The van der Waals surface area contributed by atoms with Crippen molar-refractivity contribution < 1.29 is 4.39 Å². The van der Waals surface area contributed by atoms with Gasteiger partial charge in [-0.15, -0.1) is 0 Å². The molecule has 0 fully saturated rings. The van der Waals surface area contributed by atoms with Crippen LogP contribution >= 0.6 is 0 Å². The zero-order valence-corrected chi connectivity index (χ0v) is 12.8. The molecule has 114 valence electrons. The van der Waals surface area contributed by atoms with Crippen molar-refractivity contribution in [2.75, 3.05) is 20.6 Å². The Kier molecular flexibility index (Phi) is 4.15. The number of aromatic nitrogens is 3. The molecule has 2 heterocycles. The molecule has 0 N–H and O–H groups in total. The van der Waals surface area contributed by atoms with Crippen molar-refractivity contribution in [2.24, 2.45) is 0 Å². The van der Waals surface area contributed by atoms with E-state index in [1.807, 2.05) is 26.2 Å². The monoisotopic (exact) mass is 298 g/mol. The summed E-state index contributed by atoms with van der Waals surface area (Å²) in [5.41, 5.74) is 2.85. The van der Waals surface area contributed by atoms with Gasteiger partial charge in [0.1, 0.15) is 17.2 Å². The highest BCUT2D eigenvalue weighted by molar-refractivity contribution is 5.71. The largest absolute Gasteiger partial charge is 0.311 e. The normalized spacial score (nSPS) is 11.5. The van der Waals surface area contributed by atoms with E-state index in [1.54, 1.807) is 18.3 Å². The zero-order chi connectivity index (χ0) is 15.5. The third kappa shape index (κ3) is 3.14. The molecule has 0 unspecified atom stereocenters. The van der Waals surface area contributed by atoms with Gasteiger partial charge < -0.3 is 9.47 Å². The van der Waals surface area contributed by atoms with E-state index < -0.39 is 0 Å². The first-order chi connectivity index (χ1) is 10.6. The van der Waals surface area contributed by atoms with E-state index in [9.17, 15) is 4.39 Å². The molecule has 5 heteroatoms. The maximum absolute atomic E-state index is 13.0. The number of imidazole rings is 1. The SMILES string of the molecule is CN(C)CCn1c(Cc2ccc(F)cc2)nc2cccnc21. The Bertz CT molecular complexity index is 762. The van der Waals surface area contributed by atoms with Crippen LogP contribution in [0.3, 0.4) is 0 Å². The van der Waals surface area contributed by atoms with Gasteiger partial charge in [-0.2, -0.15) is 0 Å². The Labute approximate surface area is 129 Å². The van der Waals surface area contributed by atoms with E-state index in [2.05, 4.69) is 14.5 Å². The van der Waals surface area contributed by atoms with Crippen molar-refractivity contribution in [3.8, 4) is 0 Å². The first-order valence-corrected chi connectivity index (χ1v) is 7.33. The fourth-order valence-corrected chi connectivity index (χ4v) is 2.46. The Morgan fingerprint density at radius 3 is 2.64 bits per heavy atom. The van der Waals surface area contributed by atoms with Gasteiger partial charge in [0, 0.05) is 25.7 Å². The molecule has 0 spiro atoms. The summed E-state index contributed by atoms with van der Waals surface area (Å²) >= 11 is 0. The van der Waals surface area contributed by atoms with Crippen LogP contribution in [0.5, 0.6) is 0 Å². The second-order valence-electron chi connectivity index (χ2n) is 5.63. The third-order valence-corrected chi connectivity index (χ3v) is 3.63. The second-order valence-corrected chi connectivity index (χ2v) is 5.63. The predicted molar refractivity (Wildman–Crippen MR) is 85.3 cm³/mol. The van der Waals surface area contributed by atoms with Crippen LogP contribution in [0, 0.1) is 5.82 Å². The number of fused-ring (bicyclic) bond motifs is 1. The lowest BCUT2D eigenvalue weighted by Gasteiger charge is -2.13. The highest BCUT2D eigenvalue weighted by Crippen LogP contribution is 2.17. The van der Waals surface area contributed by atoms with E-state index in [0.717, 1.165) is 35.6 Å². The van der Waals surface area contributed by atoms with E-state index in [1.165, 1.54) is 12.1 Å². The smallest absolute Gasteiger partial charge is 0.160 e. The van der Waals surface area contributed by atoms with Gasteiger partial charge in [-0.25, -0.2) is 14.4 Å². The standard InChI is InChI=1S/C17H19FN4/c1-21(2)10-11-22-16(12-13-5-7-14(18)8-6-13)20-15-4-3-9-19-17(15)22/h3-9H,10-12H2,1-2H3. The molecule has 0 radical (unpaired) electrons. The molecule has 0 aliphatic carbocycles.